The molecule has 0 spiro atoms. The fraction of sp³-hybridized carbons (Fsp3) is 0.611. The largest absolute Gasteiger partial charge is 0.338 e. The lowest BCUT2D eigenvalue weighted by Gasteiger charge is -2.40. The first kappa shape index (κ1) is 14.6. The van der Waals surface area contributed by atoms with Crippen LogP contribution >= 0.6 is 0 Å². The summed E-state index contributed by atoms with van der Waals surface area (Å²) < 4.78 is 0. The lowest BCUT2D eigenvalue weighted by Crippen LogP contribution is -2.55. The summed E-state index contributed by atoms with van der Waals surface area (Å²) in [7, 11) is 0. The van der Waals surface area contributed by atoms with Crippen LogP contribution in [0.2, 0.25) is 0 Å². The van der Waals surface area contributed by atoms with Gasteiger partial charge in [-0.1, -0.05) is 31.2 Å². The highest BCUT2D eigenvalue weighted by atomic mass is 16.2. The molecule has 3 nitrogen and oxygen atoms in total. The molecule has 0 saturated carbocycles. The summed E-state index contributed by atoms with van der Waals surface area (Å²) in [6, 6.07) is 9.15. The summed E-state index contributed by atoms with van der Waals surface area (Å²) >= 11 is 0. The van der Waals surface area contributed by atoms with Gasteiger partial charge in [-0.25, -0.2) is 0 Å². The van der Waals surface area contributed by atoms with E-state index in [0.717, 1.165) is 51.6 Å². The number of hydrogen-bond acceptors (Lipinski definition) is 2. The third-order valence-electron chi connectivity index (χ3n) is 4.88. The number of rotatable bonds is 4. The minimum absolute atomic E-state index is 0.0517. The number of nitrogens with zero attached hydrogens (tertiary/aromatic N) is 1. The van der Waals surface area contributed by atoms with E-state index in [4.69, 9.17) is 0 Å². The number of aryl methyl sites for hydroxylation is 1. The molecular formula is C18H26N2O. The Labute approximate surface area is 127 Å². The summed E-state index contributed by atoms with van der Waals surface area (Å²) in [5, 5.41) is 3.42. The average Bonchev–Trinajstić information content (AvgIpc) is 2.53. The maximum atomic E-state index is 12.7. The zero-order chi connectivity index (χ0) is 14.7. The quantitative estimate of drug-likeness (QED) is 0.922. The Bertz CT molecular complexity index is 500. The molecule has 2 atom stereocenters. The van der Waals surface area contributed by atoms with E-state index in [-0.39, 0.29) is 6.04 Å². The number of hydrogen-bond donors (Lipinski definition) is 1. The van der Waals surface area contributed by atoms with Crippen LogP contribution in [-0.4, -0.2) is 36.0 Å². The Morgan fingerprint density at radius 2 is 2.05 bits per heavy atom. The smallest absolute Gasteiger partial charge is 0.239 e. The van der Waals surface area contributed by atoms with Crippen molar-refractivity contribution in [1.82, 2.24) is 10.2 Å². The number of nitrogens with one attached hydrogen (secondary N) is 1. The van der Waals surface area contributed by atoms with E-state index < -0.39 is 0 Å². The van der Waals surface area contributed by atoms with E-state index in [2.05, 4.69) is 41.4 Å². The van der Waals surface area contributed by atoms with Crippen LogP contribution < -0.4 is 5.32 Å². The van der Waals surface area contributed by atoms with E-state index in [1.54, 1.807) is 0 Å². The van der Waals surface area contributed by atoms with E-state index in [0.29, 0.717) is 11.9 Å². The van der Waals surface area contributed by atoms with Crippen LogP contribution in [0.25, 0.3) is 0 Å². The minimum Gasteiger partial charge on any atom is -0.338 e. The molecule has 0 aromatic heterocycles. The van der Waals surface area contributed by atoms with Crippen molar-refractivity contribution >= 4 is 5.91 Å². The minimum atomic E-state index is 0.0517. The van der Waals surface area contributed by atoms with Gasteiger partial charge in [-0.3, -0.25) is 4.79 Å². The predicted octanol–water partition coefficient (Wildman–Crippen LogP) is 2.53. The number of carbonyl (C=O) groups is 1. The molecule has 1 aliphatic carbocycles. The van der Waals surface area contributed by atoms with Crippen LogP contribution in [0.5, 0.6) is 0 Å². The van der Waals surface area contributed by atoms with Crippen LogP contribution in [0, 0.1) is 0 Å². The number of benzene rings is 1. The molecule has 114 valence electrons. The predicted molar refractivity (Wildman–Crippen MR) is 85.3 cm³/mol. The van der Waals surface area contributed by atoms with Crippen molar-refractivity contribution in [2.24, 2.45) is 0 Å². The summed E-state index contributed by atoms with van der Waals surface area (Å²) in [5.41, 5.74) is 2.91. The van der Waals surface area contributed by atoms with Gasteiger partial charge >= 0.3 is 0 Å². The molecule has 0 radical (unpaired) electrons. The molecule has 2 aliphatic rings. The van der Waals surface area contributed by atoms with Gasteiger partial charge in [0.1, 0.15) is 0 Å². The van der Waals surface area contributed by atoms with Gasteiger partial charge in [-0.2, -0.15) is 0 Å². The monoisotopic (exact) mass is 286 g/mol. The summed E-state index contributed by atoms with van der Waals surface area (Å²) in [6.07, 6.45) is 6.47. The van der Waals surface area contributed by atoms with Gasteiger partial charge in [0.2, 0.25) is 5.91 Å². The number of likely N-dealkylation sites (tertiary alicyclic amines) is 1. The molecule has 3 heteroatoms. The van der Waals surface area contributed by atoms with Crippen molar-refractivity contribution in [2.75, 3.05) is 13.1 Å². The highest BCUT2D eigenvalue weighted by molar-refractivity contribution is 5.83. The fourth-order valence-electron chi connectivity index (χ4n) is 3.71. The summed E-state index contributed by atoms with van der Waals surface area (Å²) in [4.78, 5) is 14.9. The first-order chi connectivity index (χ1) is 10.3. The van der Waals surface area contributed by atoms with Gasteiger partial charge in [0.05, 0.1) is 6.04 Å². The molecule has 0 bridgehead atoms. The van der Waals surface area contributed by atoms with Gasteiger partial charge in [-0.05, 0) is 56.2 Å². The van der Waals surface area contributed by atoms with Crippen molar-refractivity contribution in [1.29, 1.82) is 0 Å². The number of fused-ring (bicyclic) bond motifs is 1. The van der Waals surface area contributed by atoms with Crippen molar-refractivity contribution in [3.63, 3.8) is 0 Å². The highest BCUT2D eigenvalue weighted by Gasteiger charge is 2.34. The Morgan fingerprint density at radius 1 is 1.24 bits per heavy atom. The fourth-order valence-corrected chi connectivity index (χ4v) is 3.71. The van der Waals surface area contributed by atoms with Gasteiger partial charge in [0.15, 0.2) is 0 Å². The Kier molecular flexibility index (Phi) is 4.59. The van der Waals surface area contributed by atoms with Crippen LogP contribution in [-0.2, 0) is 17.6 Å². The molecule has 1 amide bonds. The molecule has 1 aromatic rings. The van der Waals surface area contributed by atoms with Crippen molar-refractivity contribution in [3.05, 3.63) is 35.4 Å². The maximum Gasteiger partial charge on any atom is 0.239 e. The number of piperidine rings is 1. The van der Waals surface area contributed by atoms with Gasteiger partial charge in [0, 0.05) is 12.6 Å². The summed E-state index contributed by atoms with van der Waals surface area (Å²) in [5.74, 6) is 0.332. The average molecular weight is 286 g/mol. The van der Waals surface area contributed by atoms with Crippen molar-refractivity contribution in [2.45, 2.75) is 57.5 Å². The third kappa shape index (κ3) is 3.13. The van der Waals surface area contributed by atoms with E-state index in [1.807, 2.05) is 0 Å². The van der Waals surface area contributed by atoms with Crippen LogP contribution in [0.15, 0.2) is 24.3 Å². The Morgan fingerprint density at radius 3 is 2.86 bits per heavy atom. The molecule has 1 aromatic carbocycles. The molecule has 3 rings (SSSR count). The van der Waals surface area contributed by atoms with E-state index >= 15 is 0 Å². The first-order valence-electron chi connectivity index (χ1n) is 8.40. The molecule has 1 saturated heterocycles. The lowest BCUT2D eigenvalue weighted by molar-refractivity contribution is -0.138. The molecule has 1 heterocycles. The molecule has 1 N–H and O–H groups in total. The molecule has 2 unspecified atom stereocenters. The second-order valence-corrected chi connectivity index (χ2v) is 6.35. The Balaban J connectivity index is 1.68. The highest BCUT2D eigenvalue weighted by Crippen LogP contribution is 2.27. The van der Waals surface area contributed by atoms with E-state index in [9.17, 15) is 4.79 Å². The van der Waals surface area contributed by atoms with Crippen LogP contribution in [0.4, 0.5) is 0 Å². The molecular weight excluding hydrogens is 260 g/mol. The Hall–Kier alpha value is -1.35. The topological polar surface area (TPSA) is 32.3 Å². The van der Waals surface area contributed by atoms with Gasteiger partial charge in [-0.15, -0.1) is 0 Å². The maximum absolute atomic E-state index is 12.7. The molecule has 1 aliphatic heterocycles. The zero-order valence-electron chi connectivity index (χ0n) is 13.0. The number of amides is 1. The third-order valence-corrected chi connectivity index (χ3v) is 4.88. The van der Waals surface area contributed by atoms with Crippen molar-refractivity contribution < 1.29 is 4.79 Å². The first-order valence-corrected chi connectivity index (χ1v) is 8.40. The standard InChI is InChI=1S/C18H26N2O/c1-2-11-19-17-8-5-12-20(18(17)21)16-10-9-14-6-3-4-7-15(14)13-16/h3-4,6-7,16-17,19H,2,5,8-13H2,1H3. The normalized spacial score (nSPS) is 25.8. The lowest BCUT2D eigenvalue weighted by atomic mass is 9.86. The molecule has 21 heavy (non-hydrogen) atoms. The van der Waals surface area contributed by atoms with E-state index in [1.165, 1.54) is 11.1 Å². The van der Waals surface area contributed by atoms with Crippen LogP contribution in [0.1, 0.15) is 43.7 Å². The van der Waals surface area contributed by atoms with Gasteiger partial charge in [0.25, 0.3) is 0 Å². The van der Waals surface area contributed by atoms with Crippen LogP contribution in [0.3, 0.4) is 0 Å². The SMILES string of the molecule is CCCNC1CCCN(C2CCc3ccccc3C2)C1=O. The second kappa shape index (κ2) is 6.61. The molecule has 1 fully saturated rings. The number of carbonyl (C=O) groups excluding carboxylic acids is 1. The van der Waals surface area contributed by atoms with Gasteiger partial charge < -0.3 is 10.2 Å². The summed E-state index contributed by atoms with van der Waals surface area (Å²) in [6.45, 7) is 4.03. The second-order valence-electron chi connectivity index (χ2n) is 6.35. The van der Waals surface area contributed by atoms with Crippen molar-refractivity contribution in [3.8, 4) is 0 Å². The zero-order valence-corrected chi connectivity index (χ0v) is 13.0.